The van der Waals surface area contributed by atoms with Crippen molar-refractivity contribution in [1.29, 1.82) is 0 Å². The van der Waals surface area contributed by atoms with E-state index < -0.39 is 0 Å². The van der Waals surface area contributed by atoms with Crippen LogP contribution in [0.4, 0.5) is 0 Å². The Labute approximate surface area is 120 Å². The molecule has 102 valence electrons. The first-order valence-corrected chi connectivity index (χ1v) is 6.60. The van der Waals surface area contributed by atoms with Gasteiger partial charge >= 0.3 is 0 Å². The highest BCUT2D eigenvalue weighted by molar-refractivity contribution is 9.10. The summed E-state index contributed by atoms with van der Waals surface area (Å²) >= 11 is 3.46. The number of ether oxygens (including phenoxy) is 2. The average molecular weight is 326 g/mol. The van der Waals surface area contributed by atoms with Crippen molar-refractivity contribution in [2.75, 3.05) is 7.11 Å². The number of benzene rings is 1. The van der Waals surface area contributed by atoms with Crippen molar-refractivity contribution in [1.82, 2.24) is 9.78 Å². The zero-order valence-electron chi connectivity index (χ0n) is 11.1. The quantitative estimate of drug-likeness (QED) is 0.938. The highest BCUT2D eigenvalue weighted by Gasteiger charge is 2.15. The van der Waals surface area contributed by atoms with Crippen LogP contribution in [0.3, 0.4) is 0 Å². The zero-order chi connectivity index (χ0) is 14.0. The molecule has 0 spiro atoms. The lowest BCUT2D eigenvalue weighted by molar-refractivity contribution is 0.406. The van der Waals surface area contributed by atoms with Gasteiger partial charge in [-0.2, -0.15) is 5.10 Å². The number of aromatic nitrogens is 2. The summed E-state index contributed by atoms with van der Waals surface area (Å²) in [5.74, 6) is 2.11. The van der Waals surface area contributed by atoms with E-state index in [-0.39, 0.29) is 0 Å². The number of aryl methyl sites for hydroxylation is 2. The van der Waals surface area contributed by atoms with Gasteiger partial charge in [0.15, 0.2) is 0 Å². The van der Waals surface area contributed by atoms with Crippen LogP contribution >= 0.6 is 15.9 Å². The van der Waals surface area contributed by atoms with Crippen LogP contribution in [0, 0.1) is 6.92 Å². The second-order valence-corrected chi connectivity index (χ2v) is 4.95. The number of nitrogens with two attached hydrogens (primary N) is 1. The van der Waals surface area contributed by atoms with Gasteiger partial charge in [-0.3, -0.25) is 0 Å². The maximum atomic E-state index is 5.90. The van der Waals surface area contributed by atoms with E-state index in [9.17, 15) is 0 Å². The summed E-state index contributed by atoms with van der Waals surface area (Å²) in [6, 6.07) is 5.53. The predicted octanol–water partition coefficient (Wildman–Crippen LogP) is 2.75. The largest absolute Gasteiger partial charge is 0.497 e. The molecule has 2 N–H and O–H groups in total. The summed E-state index contributed by atoms with van der Waals surface area (Å²) in [5.41, 5.74) is 7.52. The van der Waals surface area contributed by atoms with Crippen LogP contribution in [-0.4, -0.2) is 16.9 Å². The van der Waals surface area contributed by atoms with Crippen molar-refractivity contribution in [3.05, 3.63) is 33.9 Å². The first-order valence-electron chi connectivity index (χ1n) is 5.80. The molecule has 0 aliphatic heterocycles. The molecule has 0 aliphatic carbocycles. The van der Waals surface area contributed by atoms with Crippen LogP contribution in [-0.2, 0) is 13.6 Å². The molecule has 0 fully saturated rings. The van der Waals surface area contributed by atoms with E-state index in [1.54, 1.807) is 11.8 Å². The average Bonchev–Trinajstić information content (AvgIpc) is 2.66. The minimum Gasteiger partial charge on any atom is -0.497 e. The number of rotatable bonds is 4. The molecule has 1 aromatic heterocycles. The van der Waals surface area contributed by atoms with Crippen molar-refractivity contribution in [2.24, 2.45) is 12.8 Å². The maximum Gasteiger partial charge on any atom is 0.222 e. The molecule has 2 rings (SSSR count). The Morgan fingerprint density at radius 3 is 2.74 bits per heavy atom. The smallest absolute Gasteiger partial charge is 0.222 e. The fraction of sp³-hybridized carbons (Fsp3) is 0.308. The van der Waals surface area contributed by atoms with Gasteiger partial charge in [0.2, 0.25) is 5.88 Å². The van der Waals surface area contributed by atoms with Gasteiger partial charge in [0.05, 0.1) is 22.8 Å². The molecule has 0 saturated carbocycles. The summed E-state index contributed by atoms with van der Waals surface area (Å²) in [6.07, 6.45) is 0. The second kappa shape index (κ2) is 5.63. The number of hydrogen-bond donors (Lipinski definition) is 1. The molecule has 6 heteroatoms. The normalized spacial score (nSPS) is 10.6. The van der Waals surface area contributed by atoms with Gasteiger partial charge in [0.25, 0.3) is 0 Å². The van der Waals surface area contributed by atoms with E-state index in [1.807, 2.05) is 32.2 Å². The third-order valence-electron chi connectivity index (χ3n) is 2.84. The van der Waals surface area contributed by atoms with Crippen LogP contribution < -0.4 is 15.2 Å². The Bertz CT molecular complexity index is 596. The van der Waals surface area contributed by atoms with Gasteiger partial charge in [0.1, 0.15) is 11.5 Å². The summed E-state index contributed by atoms with van der Waals surface area (Å²) in [4.78, 5) is 0. The summed E-state index contributed by atoms with van der Waals surface area (Å²) in [7, 11) is 3.46. The summed E-state index contributed by atoms with van der Waals surface area (Å²) < 4.78 is 13.6. The van der Waals surface area contributed by atoms with Crippen molar-refractivity contribution < 1.29 is 9.47 Å². The highest BCUT2D eigenvalue weighted by atomic mass is 79.9. The third-order valence-corrected chi connectivity index (χ3v) is 3.46. The van der Waals surface area contributed by atoms with Gasteiger partial charge in [-0.1, -0.05) is 0 Å². The summed E-state index contributed by atoms with van der Waals surface area (Å²) in [5, 5.41) is 4.31. The van der Waals surface area contributed by atoms with Gasteiger partial charge in [-0.05, 0) is 41.1 Å². The monoisotopic (exact) mass is 325 g/mol. The number of halogens is 1. The zero-order valence-corrected chi connectivity index (χ0v) is 12.7. The van der Waals surface area contributed by atoms with Crippen molar-refractivity contribution in [2.45, 2.75) is 13.5 Å². The van der Waals surface area contributed by atoms with E-state index >= 15 is 0 Å². The van der Waals surface area contributed by atoms with Crippen molar-refractivity contribution in [3.8, 4) is 17.4 Å². The predicted molar refractivity (Wildman–Crippen MR) is 76.6 cm³/mol. The lowest BCUT2D eigenvalue weighted by Crippen LogP contribution is -2.01. The van der Waals surface area contributed by atoms with E-state index in [2.05, 4.69) is 21.0 Å². The minimum atomic E-state index is 0.392. The molecule has 1 heterocycles. The van der Waals surface area contributed by atoms with E-state index in [0.717, 1.165) is 21.5 Å². The fourth-order valence-corrected chi connectivity index (χ4v) is 2.28. The number of hydrogen-bond acceptors (Lipinski definition) is 4. The summed E-state index contributed by atoms with van der Waals surface area (Å²) in [6.45, 7) is 2.31. The highest BCUT2D eigenvalue weighted by Crippen LogP contribution is 2.34. The molecule has 1 aromatic carbocycles. The first-order chi connectivity index (χ1) is 9.06. The Hall–Kier alpha value is -1.53. The third kappa shape index (κ3) is 2.74. The van der Waals surface area contributed by atoms with Gasteiger partial charge in [-0.25, -0.2) is 4.68 Å². The topological polar surface area (TPSA) is 62.3 Å². The van der Waals surface area contributed by atoms with Gasteiger partial charge < -0.3 is 15.2 Å². The molecule has 0 amide bonds. The molecule has 0 bridgehead atoms. The van der Waals surface area contributed by atoms with Gasteiger partial charge in [-0.15, -0.1) is 0 Å². The van der Waals surface area contributed by atoms with E-state index in [1.165, 1.54) is 0 Å². The molecular weight excluding hydrogens is 310 g/mol. The van der Waals surface area contributed by atoms with Crippen molar-refractivity contribution in [3.63, 3.8) is 0 Å². The van der Waals surface area contributed by atoms with Crippen LogP contribution in [0.15, 0.2) is 22.7 Å². The van der Waals surface area contributed by atoms with Gasteiger partial charge in [0, 0.05) is 13.6 Å². The Morgan fingerprint density at radius 1 is 1.42 bits per heavy atom. The van der Waals surface area contributed by atoms with Crippen LogP contribution in [0.5, 0.6) is 17.4 Å². The Balaban J connectivity index is 2.36. The molecule has 19 heavy (non-hydrogen) atoms. The molecule has 5 nitrogen and oxygen atoms in total. The van der Waals surface area contributed by atoms with Crippen LogP contribution in [0.25, 0.3) is 0 Å². The molecule has 2 aromatic rings. The SMILES string of the molecule is COc1ccc(Oc2c(CN)c(C)nn2C)c(Br)c1. The maximum absolute atomic E-state index is 5.90. The number of methoxy groups -OCH3 is 1. The van der Waals surface area contributed by atoms with E-state index in [0.29, 0.717) is 18.2 Å². The first kappa shape index (κ1) is 13.9. The lowest BCUT2D eigenvalue weighted by atomic mass is 10.2. The van der Waals surface area contributed by atoms with Crippen LogP contribution in [0.2, 0.25) is 0 Å². The molecular formula is C13H16BrN3O2. The molecule has 0 saturated heterocycles. The second-order valence-electron chi connectivity index (χ2n) is 4.10. The Morgan fingerprint density at radius 2 is 2.16 bits per heavy atom. The molecule has 0 radical (unpaired) electrons. The molecule has 0 aliphatic rings. The molecule has 0 atom stereocenters. The Kier molecular flexibility index (Phi) is 4.11. The fourth-order valence-electron chi connectivity index (χ4n) is 1.84. The number of nitrogens with zero attached hydrogens (tertiary/aromatic N) is 2. The van der Waals surface area contributed by atoms with Crippen LogP contribution in [0.1, 0.15) is 11.3 Å². The van der Waals surface area contributed by atoms with E-state index in [4.69, 9.17) is 15.2 Å². The lowest BCUT2D eigenvalue weighted by Gasteiger charge is -2.10. The van der Waals surface area contributed by atoms with Crippen molar-refractivity contribution >= 4 is 15.9 Å². The molecule has 0 unspecified atom stereocenters. The standard InChI is InChI=1S/C13H16BrN3O2/c1-8-10(7-15)13(17(2)16-8)19-12-5-4-9(18-3)6-11(12)14/h4-6H,7,15H2,1-3H3. The minimum absolute atomic E-state index is 0.392.